The van der Waals surface area contributed by atoms with Crippen LogP contribution in [-0.2, 0) is 4.79 Å². The first-order valence-electron chi connectivity index (χ1n) is 22.5. The normalized spacial score (nSPS) is 14.6. The van der Waals surface area contributed by atoms with Crippen LogP contribution in [0.5, 0.6) is 0 Å². The van der Waals surface area contributed by atoms with E-state index in [0.717, 1.165) is 64.2 Å². The van der Waals surface area contributed by atoms with Gasteiger partial charge in [-0.3, -0.25) is 4.79 Å². The molecule has 4 atom stereocenters. The average Bonchev–Trinajstić information content (AvgIpc) is 3.16. The lowest BCUT2D eigenvalue weighted by Crippen LogP contribution is -2.53. The molecule has 1 amide bonds. The van der Waals surface area contributed by atoms with E-state index in [1.807, 2.05) is 0 Å². The maximum absolute atomic E-state index is 12.5. The summed E-state index contributed by atoms with van der Waals surface area (Å²) in [6.45, 7) is 4.01. The van der Waals surface area contributed by atoms with Gasteiger partial charge in [0.05, 0.1) is 18.8 Å². The van der Waals surface area contributed by atoms with Crippen molar-refractivity contribution in [2.75, 3.05) is 6.61 Å². The van der Waals surface area contributed by atoms with Gasteiger partial charge >= 0.3 is 0 Å². The van der Waals surface area contributed by atoms with Crippen molar-refractivity contribution in [1.82, 2.24) is 5.32 Å². The summed E-state index contributed by atoms with van der Waals surface area (Å²) in [5.74, 6) is -0.605. The highest BCUT2D eigenvalue weighted by atomic mass is 16.3. The quantitative estimate of drug-likeness (QED) is 0.0317. The molecular weight excluding hydrogens is 659 g/mol. The van der Waals surface area contributed by atoms with Crippen molar-refractivity contribution in [3.63, 3.8) is 0 Å². The van der Waals surface area contributed by atoms with Crippen LogP contribution in [0.1, 0.15) is 213 Å². The second kappa shape index (κ2) is 41.4. The minimum Gasteiger partial charge on any atom is -0.394 e. The Kier molecular flexibility index (Phi) is 40.1. The fourth-order valence-electron chi connectivity index (χ4n) is 6.61. The second-order valence-corrected chi connectivity index (χ2v) is 15.4. The molecule has 53 heavy (non-hydrogen) atoms. The van der Waals surface area contributed by atoms with Gasteiger partial charge in [-0.2, -0.15) is 0 Å². The predicted molar refractivity (Wildman–Crippen MR) is 228 cm³/mol. The van der Waals surface area contributed by atoms with Gasteiger partial charge in [0.15, 0.2) is 0 Å². The first-order valence-corrected chi connectivity index (χ1v) is 22.5. The summed E-state index contributed by atoms with van der Waals surface area (Å²) in [5.41, 5.74) is 0. The summed E-state index contributed by atoms with van der Waals surface area (Å²) < 4.78 is 0. The predicted octanol–water partition coefficient (Wildman–Crippen LogP) is 11.9. The van der Waals surface area contributed by atoms with Crippen LogP contribution >= 0.6 is 0 Å². The number of hydrogen-bond donors (Lipinski definition) is 5. The highest BCUT2D eigenvalue weighted by Crippen LogP contribution is 2.14. The molecule has 0 heterocycles. The number of nitrogens with one attached hydrogen (secondary N) is 1. The number of amides is 1. The summed E-state index contributed by atoms with van der Waals surface area (Å²) in [7, 11) is 0. The molecule has 0 aliphatic heterocycles. The average molecular weight is 746 g/mol. The fraction of sp³-hybridized carbons (Fsp3) is 0.809. The van der Waals surface area contributed by atoms with Crippen molar-refractivity contribution in [1.29, 1.82) is 0 Å². The zero-order chi connectivity index (χ0) is 38.9. The Morgan fingerprint density at radius 2 is 0.792 bits per heavy atom. The van der Waals surface area contributed by atoms with E-state index in [0.29, 0.717) is 19.3 Å². The van der Waals surface area contributed by atoms with Crippen LogP contribution in [0.4, 0.5) is 0 Å². The Balaban J connectivity index is 3.82. The first kappa shape index (κ1) is 51.3. The van der Waals surface area contributed by atoms with Gasteiger partial charge in [0.25, 0.3) is 0 Å². The van der Waals surface area contributed by atoms with Crippen molar-refractivity contribution in [2.45, 2.75) is 237 Å². The number of rotatable bonds is 40. The molecule has 0 aliphatic carbocycles. The molecule has 0 bridgehead atoms. The molecule has 0 radical (unpaired) electrons. The van der Waals surface area contributed by atoms with Gasteiger partial charge in [-0.25, -0.2) is 0 Å². The van der Waals surface area contributed by atoms with Gasteiger partial charge in [-0.15, -0.1) is 0 Å². The Hall–Kier alpha value is -1.73. The molecule has 6 heteroatoms. The van der Waals surface area contributed by atoms with E-state index in [9.17, 15) is 25.2 Å². The Morgan fingerprint density at radius 3 is 1.21 bits per heavy atom. The molecule has 5 N–H and O–H groups in total. The third-order valence-electron chi connectivity index (χ3n) is 10.2. The standard InChI is InChI=1S/C47H87NO5/c1-3-5-7-9-11-13-15-17-19-21-22-23-25-27-29-31-33-35-37-39-41-45(51)47(53)48-43(42-49)46(52)44(50)40-38-36-34-32-30-28-26-24-20-18-16-14-12-10-8-6-4-2/h14,16,23-26,32,34,43-46,49-52H,3-13,15,17-22,27-31,33,35-42H2,1-2H3,(H,48,53)/b16-14+,25-23-,26-24+,34-32+. The summed E-state index contributed by atoms with van der Waals surface area (Å²) in [6.07, 6.45) is 49.9. The molecule has 6 nitrogen and oxygen atoms in total. The van der Waals surface area contributed by atoms with Gasteiger partial charge in [-0.1, -0.05) is 172 Å². The number of allylic oxidation sites excluding steroid dienone is 8. The smallest absolute Gasteiger partial charge is 0.249 e. The number of carbonyl (C=O) groups excluding carboxylic acids is 1. The third kappa shape index (κ3) is 35.7. The molecular formula is C47H87NO5. The van der Waals surface area contributed by atoms with E-state index >= 15 is 0 Å². The van der Waals surface area contributed by atoms with Crippen LogP contribution in [0.25, 0.3) is 0 Å². The molecule has 310 valence electrons. The van der Waals surface area contributed by atoms with Crippen LogP contribution in [0.15, 0.2) is 48.6 Å². The van der Waals surface area contributed by atoms with Crippen LogP contribution < -0.4 is 5.32 Å². The van der Waals surface area contributed by atoms with Gasteiger partial charge in [-0.05, 0) is 89.9 Å². The lowest BCUT2D eigenvalue weighted by molar-refractivity contribution is -0.132. The SMILES string of the molecule is CCCCCC/C=C/CC/C=C/CC/C=C/CCCC(O)C(O)C(CO)NC(=O)C(O)CCCCCCCC/C=C\CCCCCCCCCCCC. The van der Waals surface area contributed by atoms with Gasteiger partial charge in [0.2, 0.25) is 5.91 Å². The van der Waals surface area contributed by atoms with Gasteiger partial charge < -0.3 is 25.7 Å². The van der Waals surface area contributed by atoms with Crippen LogP contribution in [0.3, 0.4) is 0 Å². The van der Waals surface area contributed by atoms with Gasteiger partial charge in [0, 0.05) is 0 Å². The lowest BCUT2D eigenvalue weighted by atomic mass is 10.00. The highest BCUT2D eigenvalue weighted by molar-refractivity contribution is 5.80. The Morgan fingerprint density at radius 1 is 0.453 bits per heavy atom. The molecule has 0 fully saturated rings. The Labute approximate surface area is 328 Å². The molecule has 0 saturated heterocycles. The van der Waals surface area contributed by atoms with Crippen molar-refractivity contribution in [3.8, 4) is 0 Å². The summed E-state index contributed by atoms with van der Waals surface area (Å²) in [6, 6.07) is -1.01. The minimum absolute atomic E-state index is 0.350. The highest BCUT2D eigenvalue weighted by Gasteiger charge is 2.28. The van der Waals surface area contributed by atoms with Crippen LogP contribution in [0.2, 0.25) is 0 Å². The third-order valence-corrected chi connectivity index (χ3v) is 10.2. The monoisotopic (exact) mass is 746 g/mol. The van der Waals surface area contributed by atoms with E-state index in [1.54, 1.807) is 0 Å². The summed E-state index contributed by atoms with van der Waals surface area (Å²) in [5, 5.41) is 43.7. The van der Waals surface area contributed by atoms with E-state index in [1.165, 1.54) is 116 Å². The maximum atomic E-state index is 12.5. The van der Waals surface area contributed by atoms with E-state index in [2.05, 4.69) is 67.8 Å². The fourth-order valence-corrected chi connectivity index (χ4v) is 6.61. The van der Waals surface area contributed by atoms with Crippen molar-refractivity contribution in [3.05, 3.63) is 48.6 Å². The van der Waals surface area contributed by atoms with Gasteiger partial charge in [0.1, 0.15) is 12.2 Å². The zero-order valence-electron chi connectivity index (χ0n) is 34.8. The largest absolute Gasteiger partial charge is 0.394 e. The van der Waals surface area contributed by atoms with E-state index < -0.39 is 36.9 Å². The van der Waals surface area contributed by atoms with Crippen molar-refractivity contribution < 1.29 is 25.2 Å². The Bertz CT molecular complexity index is 884. The number of unbranched alkanes of at least 4 members (excludes halogenated alkanes) is 23. The maximum Gasteiger partial charge on any atom is 0.249 e. The minimum atomic E-state index is -1.30. The van der Waals surface area contributed by atoms with E-state index in [-0.39, 0.29) is 0 Å². The molecule has 0 aromatic rings. The molecule has 0 aliphatic rings. The lowest BCUT2D eigenvalue weighted by Gasteiger charge is -2.27. The van der Waals surface area contributed by atoms with Crippen LogP contribution in [-0.4, -0.2) is 57.3 Å². The molecule has 0 aromatic heterocycles. The topological polar surface area (TPSA) is 110 Å². The number of carbonyl (C=O) groups is 1. The molecule has 0 saturated carbocycles. The molecule has 0 aromatic carbocycles. The number of aliphatic hydroxyl groups is 4. The van der Waals surface area contributed by atoms with Crippen molar-refractivity contribution in [2.24, 2.45) is 0 Å². The molecule has 0 spiro atoms. The summed E-state index contributed by atoms with van der Waals surface area (Å²) >= 11 is 0. The number of hydrogen-bond acceptors (Lipinski definition) is 5. The molecule has 0 rings (SSSR count). The first-order chi connectivity index (χ1) is 26.0. The van der Waals surface area contributed by atoms with E-state index in [4.69, 9.17) is 0 Å². The second-order valence-electron chi connectivity index (χ2n) is 15.4. The number of aliphatic hydroxyl groups excluding tert-OH is 4. The van der Waals surface area contributed by atoms with Crippen LogP contribution in [0, 0.1) is 0 Å². The summed E-state index contributed by atoms with van der Waals surface area (Å²) in [4.78, 5) is 12.5. The van der Waals surface area contributed by atoms with Crippen molar-refractivity contribution >= 4 is 5.91 Å². The molecule has 4 unspecified atom stereocenters. The zero-order valence-corrected chi connectivity index (χ0v) is 34.8.